The fourth-order valence-corrected chi connectivity index (χ4v) is 2.76. The van der Waals surface area contributed by atoms with Gasteiger partial charge in [0.05, 0.1) is 6.42 Å². The molecule has 5 nitrogen and oxygen atoms in total. The first-order valence-electron chi connectivity index (χ1n) is 7.51. The Morgan fingerprint density at radius 3 is 2.26 bits per heavy atom. The van der Waals surface area contributed by atoms with E-state index in [1.165, 1.54) is 0 Å². The van der Waals surface area contributed by atoms with E-state index in [4.69, 9.17) is 17.3 Å². The van der Waals surface area contributed by atoms with E-state index in [2.05, 4.69) is 0 Å². The van der Waals surface area contributed by atoms with Crippen LogP contribution >= 0.6 is 24.0 Å². The third-order valence-corrected chi connectivity index (χ3v) is 3.96. The van der Waals surface area contributed by atoms with Crippen molar-refractivity contribution in [2.75, 3.05) is 26.2 Å². The number of nitrogens with zero attached hydrogens (tertiary/aromatic N) is 2. The number of piperazine rings is 1. The van der Waals surface area contributed by atoms with Gasteiger partial charge in [-0.15, -0.1) is 12.4 Å². The van der Waals surface area contributed by atoms with Crippen LogP contribution < -0.4 is 5.73 Å². The average molecular weight is 360 g/mol. The highest BCUT2D eigenvalue weighted by atomic mass is 35.5. The Morgan fingerprint density at radius 2 is 1.74 bits per heavy atom. The van der Waals surface area contributed by atoms with Crippen LogP contribution in [0.3, 0.4) is 0 Å². The zero-order valence-corrected chi connectivity index (χ0v) is 14.8. The maximum absolute atomic E-state index is 12.3. The normalized spacial score (nSPS) is 15.8. The Hall–Kier alpha value is -1.30. The quantitative estimate of drug-likeness (QED) is 0.889. The predicted molar refractivity (Wildman–Crippen MR) is 93.8 cm³/mol. The van der Waals surface area contributed by atoms with Gasteiger partial charge in [0.2, 0.25) is 11.8 Å². The van der Waals surface area contributed by atoms with Crippen molar-refractivity contribution in [3.63, 3.8) is 0 Å². The summed E-state index contributed by atoms with van der Waals surface area (Å²) in [7, 11) is 0. The minimum absolute atomic E-state index is 0. The van der Waals surface area contributed by atoms with Crippen LogP contribution in [-0.2, 0) is 16.0 Å². The fourth-order valence-electron chi connectivity index (χ4n) is 2.54. The Bertz CT molecular complexity index is 544. The van der Waals surface area contributed by atoms with Crippen LogP contribution in [0.25, 0.3) is 0 Å². The summed E-state index contributed by atoms with van der Waals surface area (Å²) in [6, 6.07) is 7.21. The molecule has 128 valence electrons. The molecule has 1 saturated heterocycles. The van der Waals surface area contributed by atoms with Gasteiger partial charge in [-0.1, -0.05) is 23.7 Å². The van der Waals surface area contributed by atoms with Crippen LogP contribution in [0.4, 0.5) is 0 Å². The van der Waals surface area contributed by atoms with E-state index in [-0.39, 0.29) is 30.3 Å². The Morgan fingerprint density at radius 1 is 1.17 bits per heavy atom. The smallest absolute Gasteiger partial charge is 0.227 e. The second kappa shape index (κ2) is 9.11. The first-order chi connectivity index (χ1) is 10.5. The van der Waals surface area contributed by atoms with Crippen LogP contribution in [0, 0.1) is 0 Å². The molecule has 2 N–H and O–H groups in total. The molecule has 0 aromatic heterocycles. The molecule has 1 aliphatic rings. The van der Waals surface area contributed by atoms with E-state index in [1.54, 1.807) is 15.9 Å². The molecule has 1 fully saturated rings. The van der Waals surface area contributed by atoms with Crippen LogP contribution in [0.1, 0.15) is 18.9 Å². The molecule has 1 atom stereocenters. The van der Waals surface area contributed by atoms with Crippen molar-refractivity contribution < 1.29 is 9.59 Å². The lowest BCUT2D eigenvalue weighted by Gasteiger charge is -2.35. The number of nitrogens with two attached hydrogens (primary N) is 1. The van der Waals surface area contributed by atoms with Crippen molar-refractivity contribution >= 4 is 35.8 Å². The molecular weight excluding hydrogens is 337 g/mol. The standard InChI is InChI=1S/C16H22ClN3O2.ClH/c1-12(18)9-15(21)19-5-7-20(8-6-19)16(22)11-13-3-2-4-14(17)10-13;/h2-4,10,12H,5-9,11,18H2,1H3;1H. The third kappa shape index (κ3) is 6.01. The second-order valence-electron chi connectivity index (χ2n) is 5.75. The number of halogens is 2. The lowest BCUT2D eigenvalue weighted by Crippen LogP contribution is -2.51. The molecule has 0 spiro atoms. The van der Waals surface area contributed by atoms with Gasteiger partial charge in [-0.3, -0.25) is 9.59 Å². The van der Waals surface area contributed by atoms with Crippen molar-refractivity contribution in [2.45, 2.75) is 25.8 Å². The highest BCUT2D eigenvalue weighted by molar-refractivity contribution is 6.30. The summed E-state index contributed by atoms with van der Waals surface area (Å²) in [5.74, 6) is 0.137. The van der Waals surface area contributed by atoms with Gasteiger partial charge < -0.3 is 15.5 Å². The van der Waals surface area contributed by atoms with Crippen molar-refractivity contribution in [1.29, 1.82) is 0 Å². The number of carbonyl (C=O) groups is 2. The Balaban J connectivity index is 0.00000264. The number of amides is 2. The summed E-state index contributed by atoms with van der Waals surface area (Å²) >= 11 is 5.93. The SMILES string of the molecule is CC(N)CC(=O)N1CCN(C(=O)Cc2cccc(Cl)c2)CC1.Cl. The summed E-state index contributed by atoms with van der Waals surface area (Å²) in [4.78, 5) is 27.8. The van der Waals surface area contributed by atoms with Gasteiger partial charge in [-0.2, -0.15) is 0 Å². The van der Waals surface area contributed by atoms with Crippen LogP contribution in [0.15, 0.2) is 24.3 Å². The molecule has 1 aromatic rings. The molecule has 0 saturated carbocycles. The first-order valence-corrected chi connectivity index (χ1v) is 7.89. The van der Waals surface area contributed by atoms with E-state index in [1.807, 2.05) is 25.1 Å². The van der Waals surface area contributed by atoms with Crippen molar-refractivity contribution in [2.24, 2.45) is 5.73 Å². The molecule has 1 aliphatic heterocycles. The number of carbonyl (C=O) groups excluding carboxylic acids is 2. The molecule has 2 amide bonds. The first kappa shape index (κ1) is 19.7. The third-order valence-electron chi connectivity index (χ3n) is 3.73. The molecule has 1 unspecified atom stereocenters. The second-order valence-corrected chi connectivity index (χ2v) is 6.19. The summed E-state index contributed by atoms with van der Waals surface area (Å²) in [5, 5.41) is 0.636. The summed E-state index contributed by atoms with van der Waals surface area (Å²) in [6.07, 6.45) is 0.699. The number of rotatable bonds is 4. The Labute approximate surface area is 148 Å². The van der Waals surface area contributed by atoms with E-state index in [0.29, 0.717) is 44.0 Å². The van der Waals surface area contributed by atoms with Crippen LogP contribution in [0.2, 0.25) is 5.02 Å². The minimum Gasteiger partial charge on any atom is -0.339 e. The van der Waals surface area contributed by atoms with Crippen molar-refractivity contribution in [3.8, 4) is 0 Å². The highest BCUT2D eigenvalue weighted by Gasteiger charge is 2.24. The molecule has 23 heavy (non-hydrogen) atoms. The van der Waals surface area contributed by atoms with Crippen molar-refractivity contribution in [3.05, 3.63) is 34.9 Å². The average Bonchev–Trinajstić information content (AvgIpc) is 2.46. The lowest BCUT2D eigenvalue weighted by molar-refractivity contribution is -0.139. The summed E-state index contributed by atoms with van der Waals surface area (Å²) < 4.78 is 0. The van der Waals surface area contributed by atoms with E-state index in [0.717, 1.165) is 5.56 Å². The van der Waals surface area contributed by atoms with Crippen molar-refractivity contribution in [1.82, 2.24) is 9.80 Å². The van der Waals surface area contributed by atoms with Crippen LogP contribution in [-0.4, -0.2) is 53.8 Å². The van der Waals surface area contributed by atoms with E-state index >= 15 is 0 Å². The highest BCUT2D eigenvalue weighted by Crippen LogP contribution is 2.13. The lowest BCUT2D eigenvalue weighted by atomic mass is 10.1. The largest absolute Gasteiger partial charge is 0.339 e. The van der Waals surface area contributed by atoms with Gasteiger partial charge in [0.15, 0.2) is 0 Å². The zero-order valence-electron chi connectivity index (χ0n) is 13.2. The van der Waals surface area contributed by atoms with Gasteiger partial charge in [-0.25, -0.2) is 0 Å². The molecule has 2 rings (SSSR count). The van der Waals surface area contributed by atoms with Gasteiger partial charge in [0, 0.05) is 43.7 Å². The maximum atomic E-state index is 12.3. The molecule has 7 heteroatoms. The predicted octanol–water partition coefficient (Wildman–Crippen LogP) is 1.71. The van der Waals surface area contributed by atoms with Gasteiger partial charge in [-0.05, 0) is 24.6 Å². The fraction of sp³-hybridized carbons (Fsp3) is 0.500. The summed E-state index contributed by atoms with van der Waals surface area (Å²) in [6.45, 7) is 4.12. The van der Waals surface area contributed by atoms with Gasteiger partial charge in [0.25, 0.3) is 0 Å². The Kier molecular flexibility index (Phi) is 7.82. The molecule has 0 aliphatic carbocycles. The maximum Gasteiger partial charge on any atom is 0.227 e. The summed E-state index contributed by atoms with van der Waals surface area (Å²) in [5.41, 5.74) is 6.56. The zero-order chi connectivity index (χ0) is 16.1. The van der Waals surface area contributed by atoms with Gasteiger partial charge in [0.1, 0.15) is 0 Å². The molecule has 1 heterocycles. The van der Waals surface area contributed by atoms with Crippen LogP contribution in [0.5, 0.6) is 0 Å². The molecule has 0 radical (unpaired) electrons. The molecule has 0 bridgehead atoms. The number of hydrogen-bond acceptors (Lipinski definition) is 3. The number of hydrogen-bond donors (Lipinski definition) is 1. The topological polar surface area (TPSA) is 66.6 Å². The molecular formula is C16H23Cl2N3O2. The van der Waals surface area contributed by atoms with Gasteiger partial charge >= 0.3 is 0 Å². The molecule has 1 aromatic carbocycles. The van der Waals surface area contributed by atoms with E-state index in [9.17, 15) is 9.59 Å². The minimum atomic E-state index is -0.130. The monoisotopic (exact) mass is 359 g/mol. The number of benzene rings is 1. The van der Waals surface area contributed by atoms with E-state index < -0.39 is 0 Å².